The predicted octanol–water partition coefficient (Wildman–Crippen LogP) is 3.42. The number of aromatic nitrogens is 3. The monoisotopic (exact) mass is 836 g/mol. The quantitative estimate of drug-likeness (QED) is 0.0875. The Bertz CT molecular complexity index is 1100. The van der Waals surface area contributed by atoms with Crippen molar-refractivity contribution in [1.82, 2.24) is 15.0 Å². The van der Waals surface area contributed by atoms with Crippen molar-refractivity contribution in [1.29, 1.82) is 0 Å². The van der Waals surface area contributed by atoms with E-state index in [-0.39, 0.29) is 22.4 Å². The van der Waals surface area contributed by atoms with Gasteiger partial charge in [0.15, 0.2) is 0 Å². The van der Waals surface area contributed by atoms with Crippen molar-refractivity contribution < 1.29 is 66.4 Å². The molecule has 0 fully saturated rings. The van der Waals surface area contributed by atoms with Gasteiger partial charge in [0.05, 0.1) is 171 Å². The third kappa shape index (κ3) is 37.0. The van der Waals surface area contributed by atoms with E-state index < -0.39 is 0 Å². The zero-order valence-corrected chi connectivity index (χ0v) is 36.6. The SMILES string of the molecule is CC(C)(C)CC(=O)CCc1cn(CCOCCOCCOCCOCCOCCOCCOCCOCCOCCOCCOCCOCCC(=O)C(C)(C)C)nn1. The Hall–Kier alpha value is -2.00. The van der Waals surface area contributed by atoms with Crippen LogP contribution in [0.15, 0.2) is 6.20 Å². The van der Waals surface area contributed by atoms with Gasteiger partial charge in [-0.05, 0) is 11.8 Å². The van der Waals surface area contributed by atoms with Gasteiger partial charge in [0, 0.05) is 30.9 Å². The maximum atomic E-state index is 12.1. The number of Topliss-reactive ketones (excluding diaryl/α,β-unsaturated/α-hetero) is 2. The van der Waals surface area contributed by atoms with Gasteiger partial charge in [0.1, 0.15) is 11.6 Å². The van der Waals surface area contributed by atoms with Crippen molar-refractivity contribution in [2.75, 3.05) is 159 Å². The number of ether oxygens (including phenoxy) is 12. The highest BCUT2D eigenvalue weighted by Gasteiger charge is 2.20. The van der Waals surface area contributed by atoms with Crippen LogP contribution in [0.25, 0.3) is 0 Å². The molecule has 17 nitrogen and oxygen atoms in total. The van der Waals surface area contributed by atoms with Gasteiger partial charge in [-0.1, -0.05) is 46.8 Å². The highest BCUT2D eigenvalue weighted by atomic mass is 16.6. The average Bonchev–Trinajstić information content (AvgIpc) is 3.63. The molecule has 0 N–H and O–H groups in total. The van der Waals surface area contributed by atoms with E-state index in [9.17, 15) is 9.59 Å². The van der Waals surface area contributed by atoms with Gasteiger partial charge in [-0.3, -0.25) is 9.59 Å². The number of hydrogen-bond acceptors (Lipinski definition) is 16. The van der Waals surface area contributed by atoms with Crippen molar-refractivity contribution in [3.05, 3.63) is 11.9 Å². The fourth-order valence-electron chi connectivity index (χ4n) is 4.73. The van der Waals surface area contributed by atoms with Gasteiger partial charge >= 0.3 is 0 Å². The molecule has 0 aliphatic rings. The summed E-state index contributed by atoms with van der Waals surface area (Å²) in [6.45, 7) is 24.2. The van der Waals surface area contributed by atoms with E-state index in [0.29, 0.717) is 191 Å². The Labute approximate surface area is 347 Å². The summed E-state index contributed by atoms with van der Waals surface area (Å²) in [7, 11) is 0. The molecule has 1 heterocycles. The summed E-state index contributed by atoms with van der Waals surface area (Å²) in [6, 6.07) is 0. The summed E-state index contributed by atoms with van der Waals surface area (Å²) >= 11 is 0. The standard InChI is InChI=1S/C41H77N3O14/c1-40(2,3)35-38(45)8-7-37-36-44(43-42-37)10-12-48-14-16-50-18-20-52-22-24-54-26-28-56-30-32-58-34-33-57-31-29-55-27-25-53-23-21-51-19-17-49-15-13-47-11-9-39(46)41(4,5)6/h36H,7-35H2,1-6H3. The summed E-state index contributed by atoms with van der Waals surface area (Å²) < 4.78 is 67.7. The molecule has 0 saturated heterocycles. The van der Waals surface area contributed by atoms with Crippen molar-refractivity contribution in [2.45, 2.75) is 73.8 Å². The predicted molar refractivity (Wildman–Crippen MR) is 216 cm³/mol. The Morgan fingerprint density at radius 2 is 0.776 bits per heavy atom. The van der Waals surface area contributed by atoms with Crippen LogP contribution >= 0.6 is 0 Å². The summed E-state index contributed by atoms with van der Waals surface area (Å²) in [4.78, 5) is 23.9. The minimum absolute atomic E-state index is 0.00946. The molecule has 0 unspecified atom stereocenters. The number of aryl methyl sites for hydroxylation is 1. The molecule has 1 aromatic heterocycles. The number of carbonyl (C=O) groups is 2. The van der Waals surface area contributed by atoms with Crippen molar-refractivity contribution in [2.24, 2.45) is 10.8 Å². The normalized spacial score (nSPS) is 12.2. The lowest BCUT2D eigenvalue weighted by atomic mass is 9.88. The van der Waals surface area contributed by atoms with Crippen molar-refractivity contribution in [3.8, 4) is 0 Å². The number of rotatable bonds is 43. The molecule has 0 aliphatic heterocycles. The Balaban J connectivity index is 1.68. The molecule has 0 spiro atoms. The van der Waals surface area contributed by atoms with E-state index >= 15 is 0 Å². The van der Waals surface area contributed by atoms with Crippen molar-refractivity contribution in [3.63, 3.8) is 0 Å². The zero-order chi connectivity index (χ0) is 42.4. The first kappa shape index (κ1) is 54.0. The fourth-order valence-corrected chi connectivity index (χ4v) is 4.73. The maximum absolute atomic E-state index is 12.1. The highest BCUT2D eigenvalue weighted by Crippen LogP contribution is 2.20. The van der Waals surface area contributed by atoms with Crippen LogP contribution < -0.4 is 0 Å². The topological polar surface area (TPSA) is 176 Å². The zero-order valence-electron chi connectivity index (χ0n) is 36.6. The molecule has 17 heteroatoms. The molecule has 0 amide bonds. The molecule has 0 bridgehead atoms. The largest absolute Gasteiger partial charge is 0.379 e. The molecule has 1 aromatic rings. The number of nitrogens with zero attached hydrogens (tertiary/aromatic N) is 3. The van der Waals surface area contributed by atoms with Gasteiger partial charge in [-0.15, -0.1) is 5.10 Å². The van der Waals surface area contributed by atoms with Crippen LogP contribution in [0.4, 0.5) is 0 Å². The van der Waals surface area contributed by atoms with Crippen LogP contribution in [-0.2, 0) is 79.4 Å². The first-order valence-corrected chi connectivity index (χ1v) is 20.8. The lowest BCUT2D eigenvalue weighted by molar-refractivity contribution is -0.127. The minimum atomic E-state index is -0.319. The molecule has 0 atom stereocenters. The summed E-state index contributed by atoms with van der Waals surface area (Å²) in [5.41, 5.74) is 0.513. The number of carbonyl (C=O) groups excluding carboxylic acids is 2. The van der Waals surface area contributed by atoms with Crippen LogP contribution in [-0.4, -0.2) is 185 Å². The molecule has 0 aliphatic carbocycles. The van der Waals surface area contributed by atoms with E-state index in [1.807, 2.05) is 27.0 Å². The Morgan fingerprint density at radius 1 is 0.466 bits per heavy atom. The number of hydrogen-bond donors (Lipinski definition) is 0. The maximum Gasteiger partial charge on any atom is 0.140 e. The van der Waals surface area contributed by atoms with E-state index in [1.165, 1.54) is 0 Å². The summed E-state index contributed by atoms with van der Waals surface area (Å²) in [6.07, 6.45) is 3.97. The van der Waals surface area contributed by atoms with E-state index in [2.05, 4.69) is 31.1 Å². The lowest BCUT2D eigenvalue weighted by Gasteiger charge is -2.16. The molecule has 0 saturated carbocycles. The van der Waals surface area contributed by atoms with Crippen LogP contribution in [0.5, 0.6) is 0 Å². The second-order valence-corrected chi connectivity index (χ2v) is 15.5. The summed E-state index contributed by atoms with van der Waals surface area (Å²) in [5.74, 6) is 0.452. The summed E-state index contributed by atoms with van der Waals surface area (Å²) in [5, 5.41) is 8.25. The first-order valence-electron chi connectivity index (χ1n) is 20.8. The third-order valence-corrected chi connectivity index (χ3v) is 7.84. The van der Waals surface area contributed by atoms with Gasteiger partial charge in [0.25, 0.3) is 0 Å². The van der Waals surface area contributed by atoms with E-state index in [0.717, 1.165) is 5.69 Å². The molecule has 340 valence electrons. The number of ketones is 2. The van der Waals surface area contributed by atoms with Crippen LogP contribution in [0, 0.1) is 10.8 Å². The second kappa shape index (κ2) is 36.8. The molecular weight excluding hydrogens is 758 g/mol. The Morgan fingerprint density at radius 3 is 1.09 bits per heavy atom. The molecule has 0 aromatic carbocycles. The van der Waals surface area contributed by atoms with Gasteiger partial charge in [-0.2, -0.15) is 0 Å². The van der Waals surface area contributed by atoms with Gasteiger partial charge in [0.2, 0.25) is 0 Å². The molecule has 0 radical (unpaired) electrons. The van der Waals surface area contributed by atoms with Crippen LogP contribution in [0.2, 0.25) is 0 Å². The van der Waals surface area contributed by atoms with Gasteiger partial charge < -0.3 is 56.8 Å². The van der Waals surface area contributed by atoms with Gasteiger partial charge in [-0.25, -0.2) is 4.68 Å². The molecule has 1 rings (SSSR count). The molecular formula is C41H77N3O14. The van der Waals surface area contributed by atoms with E-state index in [1.54, 1.807) is 4.68 Å². The average molecular weight is 836 g/mol. The third-order valence-electron chi connectivity index (χ3n) is 7.84. The van der Waals surface area contributed by atoms with Crippen LogP contribution in [0.1, 0.15) is 66.5 Å². The Kier molecular flexibility index (Phi) is 34.3. The smallest absolute Gasteiger partial charge is 0.140 e. The molecule has 58 heavy (non-hydrogen) atoms. The second-order valence-electron chi connectivity index (χ2n) is 15.5. The van der Waals surface area contributed by atoms with Crippen molar-refractivity contribution >= 4 is 11.6 Å². The first-order chi connectivity index (χ1) is 28.0. The highest BCUT2D eigenvalue weighted by molar-refractivity contribution is 5.83. The minimum Gasteiger partial charge on any atom is -0.379 e. The fraction of sp³-hybridized carbons (Fsp3) is 0.902. The lowest BCUT2D eigenvalue weighted by Crippen LogP contribution is -2.22. The van der Waals surface area contributed by atoms with E-state index in [4.69, 9.17) is 56.8 Å². The van der Waals surface area contributed by atoms with Crippen LogP contribution in [0.3, 0.4) is 0 Å².